The van der Waals surface area contributed by atoms with E-state index in [1.807, 2.05) is 12.1 Å². The van der Waals surface area contributed by atoms with E-state index in [1.54, 1.807) is 12.1 Å². The van der Waals surface area contributed by atoms with Gasteiger partial charge in [-0.05, 0) is 42.9 Å². The smallest absolute Gasteiger partial charge is 0.345 e. The Bertz CT molecular complexity index is 527. The predicted octanol–water partition coefficient (Wildman–Crippen LogP) is 5.63. The van der Waals surface area contributed by atoms with Gasteiger partial charge in [0, 0.05) is 0 Å². The lowest BCUT2D eigenvalue weighted by Gasteiger charge is -2.19. The van der Waals surface area contributed by atoms with E-state index in [1.165, 1.54) is 31.2 Å². The Labute approximate surface area is 145 Å². The highest BCUT2D eigenvalue weighted by Crippen LogP contribution is 2.25. The monoisotopic (exact) mass is 330 g/mol. The van der Waals surface area contributed by atoms with E-state index in [9.17, 15) is 9.59 Å². The number of unbranched alkanes of at least 4 members (excludes halogenated alkanes) is 2. The van der Waals surface area contributed by atoms with Crippen LogP contribution >= 0.6 is 0 Å². The molecule has 1 saturated carbocycles. The summed E-state index contributed by atoms with van der Waals surface area (Å²) in [6.45, 7) is 4.43. The molecule has 1 atom stereocenters. The topological polar surface area (TPSA) is 43.4 Å². The second-order valence-corrected chi connectivity index (χ2v) is 7.06. The van der Waals surface area contributed by atoms with Crippen molar-refractivity contribution in [2.24, 2.45) is 5.92 Å². The minimum absolute atomic E-state index is 0.0967. The number of rotatable bonds is 7. The zero-order valence-corrected chi connectivity index (χ0v) is 15.1. The molecule has 132 valence electrons. The van der Waals surface area contributed by atoms with Gasteiger partial charge >= 0.3 is 11.9 Å². The van der Waals surface area contributed by atoms with Crippen LogP contribution in [-0.2, 0) is 9.53 Å². The Balaban J connectivity index is 1.87. The van der Waals surface area contributed by atoms with E-state index in [2.05, 4.69) is 13.8 Å². The van der Waals surface area contributed by atoms with E-state index < -0.39 is 5.97 Å². The third-order valence-corrected chi connectivity index (χ3v) is 5.09. The number of hydrogen-bond donors (Lipinski definition) is 0. The van der Waals surface area contributed by atoms with Crippen molar-refractivity contribution in [2.75, 3.05) is 0 Å². The van der Waals surface area contributed by atoms with Crippen LogP contribution in [0.5, 0.6) is 0 Å². The van der Waals surface area contributed by atoms with Crippen LogP contribution in [0.25, 0.3) is 0 Å². The minimum Gasteiger partial charge on any atom is -0.389 e. The minimum atomic E-state index is -0.518. The van der Waals surface area contributed by atoms with Gasteiger partial charge in [-0.3, -0.25) is 4.79 Å². The van der Waals surface area contributed by atoms with Gasteiger partial charge in [0.2, 0.25) is 0 Å². The average Bonchev–Trinajstić information content (AvgIpc) is 2.62. The molecule has 0 aromatic heterocycles. The lowest BCUT2D eigenvalue weighted by molar-refractivity contribution is -0.143. The molecular weight excluding hydrogens is 300 g/mol. The predicted molar refractivity (Wildman–Crippen MR) is 96.0 cm³/mol. The number of ether oxygens (including phenoxy) is 1. The van der Waals surface area contributed by atoms with Crippen molar-refractivity contribution in [1.29, 1.82) is 0 Å². The van der Waals surface area contributed by atoms with Crippen molar-refractivity contribution < 1.29 is 14.3 Å². The van der Waals surface area contributed by atoms with E-state index in [0.29, 0.717) is 11.5 Å². The molecule has 1 aromatic carbocycles. The highest BCUT2D eigenvalue weighted by atomic mass is 16.6. The molecule has 1 aromatic rings. The van der Waals surface area contributed by atoms with Crippen molar-refractivity contribution in [3.05, 3.63) is 35.4 Å². The van der Waals surface area contributed by atoms with Gasteiger partial charge < -0.3 is 4.74 Å². The summed E-state index contributed by atoms with van der Waals surface area (Å²) >= 11 is 0. The van der Waals surface area contributed by atoms with Crippen LogP contribution in [0.15, 0.2) is 24.3 Å². The fourth-order valence-electron chi connectivity index (χ4n) is 3.39. The van der Waals surface area contributed by atoms with Crippen molar-refractivity contribution in [2.45, 2.75) is 77.6 Å². The van der Waals surface area contributed by atoms with E-state index in [4.69, 9.17) is 4.74 Å². The van der Waals surface area contributed by atoms with Crippen LogP contribution in [0.1, 0.15) is 93.5 Å². The lowest BCUT2D eigenvalue weighted by Crippen LogP contribution is -2.23. The number of benzene rings is 1. The number of carbonyl (C=O) groups is 2. The molecule has 0 bridgehead atoms. The van der Waals surface area contributed by atoms with E-state index in [0.717, 1.165) is 32.1 Å². The van der Waals surface area contributed by atoms with Gasteiger partial charge in [0.15, 0.2) is 0 Å². The van der Waals surface area contributed by atoms with Gasteiger partial charge in [0.25, 0.3) is 0 Å². The molecule has 0 spiro atoms. The first-order valence-corrected chi connectivity index (χ1v) is 9.47. The summed E-state index contributed by atoms with van der Waals surface area (Å²) in [5.41, 5.74) is 1.70. The molecule has 1 unspecified atom stereocenters. The zero-order valence-electron chi connectivity index (χ0n) is 15.1. The maximum absolute atomic E-state index is 12.1. The van der Waals surface area contributed by atoms with Gasteiger partial charge in [0.05, 0.1) is 11.5 Å². The number of carbonyl (C=O) groups excluding carboxylic acids is 2. The van der Waals surface area contributed by atoms with Crippen LogP contribution in [0.4, 0.5) is 0 Å². The first-order chi connectivity index (χ1) is 11.6. The highest BCUT2D eigenvalue weighted by molar-refractivity contribution is 5.97. The van der Waals surface area contributed by atoms with Crippen LogP contribution in [0, 0.1) is 5.92 Å². The summed E-state index contributed by atoms with van der Waals surface area (Å²) in [5.74, 6) is -0.474. The quantitative estimate of drug-likeness (QED) is 0.369. The molecule has 2 rings (SSSR count). The molecule has 3 heteroatoms. The van der Waals surface area contributed by atoms with Gasteiger partial charge in [-0.25, -0.2) is 4.79 Å². The SMILES string of the molecule is CCCCCC(C)c1ccc(C(=O)OC(=O)C2CCCCC2)cc1. The van der Waals surface area contributed by atoms with Crippen LogP contribution in [0.2, 0.25) is 0 Å². The molecular formula is C21H30O3. The largest absolute Gasteiger partial charge is 0.389 e. The zero-order chi connectivity index (χ0) is 17.4. The molecule has 1 fully saturated rings. The molecule has 0 amide bonds. The molecule has 1 aliphatic carbocycles. The molecule has 24 heavy (non-hydrogen) atoms. The van der Waals surface area contributed by atoms with Gasteiger partial charge in [-0.2, -0.15) is 0 Å². The third-order valence-electron chi connectivity index (χ3n) is 5.09. The Kier molecular flexibility index (Phi) is 7.48. The Morgan fingerprint density at radius 2 is 1.75 bits per heavy atom. The van der Waals surface area contributed by atoms with Gasteiger partial charge in [-0.15, -0.1) is 0 Å². The fourth-order valence-corrected chi connectivity index (χ4v) is 3.39. The normalized spacial score (nSPS) is 16.6. The van der Waals surface area contributed by atoms with E-state index in [-0.39, 0.29) is 11.9 Å². The Morgan fingerprint density at radius 1 is 1.08 bits per heavy atom. The van der Waals surface area contributed by atoms with E-state index >= 15 is 0 Å². The molecule has 0 aliphatic heterocycles. The van der Waals surface area contributed by atoms with Crippen LogP contribution in [0.3, 0.4) is 0 Å². The standard InChI is InChI=1S/C21H30O3/c1-3-4-6-9-16(2)17-12-14-19(15-13-17)21(23)24-20(22)18-10-7-5-8-11-18/h12-16,18H,3-11H2,1-2H3. The highest BCUT2D eigenvalue weighted by Gasteiger charge is 2.25. The van der Waals surface area contributed by atoms with Crippen molar-refractivity contribution >= 4 is 11.9 Å². The second kappa shape index (κ2) is 9.61. The van der Waals surface area contributed by atoms with Crippen LogP contribution in [-0.4, -0.2) is 11.9 Å². The summed E-state index contributed by atoms with van der Waals surface area (Å²) in [6.07, 6.45) is 9.87. The number of esters is 2. The maximum atomic E-state index is 12.1. The van der Waals surface area contributed by atoms with Crippen LogP contribution < -0.4 is 0 Å². The second-order valence-electron chi connectivity index (χ2n) is 7.06. The summed E-state index contributed by atoms with van der Waals surface area (Å²) in [7, 11) is 0. The first-order valence-electron chi connectivity index (χ1n) is 9.47. The Hall–Kier alpha value is -1.64. The maximum Gasteiger partial charge on any atom is 0.345 e. The van der Waals surface area contributed by atoms with Crippen molar-refractivity contribution in [3.8, 4) is 0 Å². The van der Waals surface area contributed by atoms with Gasteiger partial charge in [0.1, 0.15) is 0 Å². The molecule has 0 heterocycles. The molecule has 0 radical (unpaired) electrons. The molecule has 0 N–H and O–H groups in total. The Morgan fingerprint density at radius 3 is 2.38 bits per heavy atom. The summed E-state index contributed by atoms with van der Waals surface area (Å²) in [4.78, 5) is 24.2. The summed E-state index contributed by atoms with van der Waals surface area (Å²) < 4.78 is 5.08. The first kappa shape index (κ1) is 18.7. The average molecular weight is 330 g/mol. The fraction of sp³-hybridized carbons (Fsp3) is 0.619. The molecule has 3 nitrogen and oxygen atoms in total. The van der Waals surface area contributed by atoms with Crippen molar-refractivity contribution in [3.63, 3.8) is 0 Å². The lowest BCUT2D eigenvalue weighted by atomic mass is 9.89. The van der Waals surface area contributed by atoms with Crippen molar-refractivity contribution in [1.82, 2.24) is 0 Å². The molecule has 1 aliphatic rings. The summed E-state index contributed by atoms with van der Waals surface area (Å²) in [6, 6.07) is 7.53. The number of hydrogen-bond acceptors (Lipinski definition) is 3. The third kappa shape index (κ3) is 5.47. The summed E-state index contributed by atoms with van der Waals surface area (Å²) in [5, 5.41) is 0. The molecule has 0 saturated heterocycles. The van der Waals surface area contributed by atoms with Gasteiger partial charge in [-0.1, -0.05) is 64.5 Å².